The highest BCUT2D eigenvalue weighted by molar-refractivity contribution is 7.92. The van der Waals surface area contributed by atoms with E-state index in [0.29, 0.717) is 11.3 Å². The molecule has 0 saturated heterocycles. The monoisotopic (exact) mass is 314 g/mol. The lowest BCUT2D eigenvalue weighted by molar-refractivity contribution is 0.282. The van der Waals surface area contributed by atoms with Crippen LogP contribution in [-0.4, -0.2) is 18.5 Å². The summed E-state index contributed by atoms with van der Waals surface area (Å²) in [5, 5.41) is 8.80. The number of aliphatic hydroxyl groups is 1. The van der Waals surface area contributed by atoms with Gasteiger partial charge in [0.05, 0.1) is 6.61 Å². The van der Waals surface area contributed by atoms with Crippen molar-refractivity contribution in [2.75, 3.05) is 4.72 Å². The largest absolute Gasteiger partial charge is 0.392 e. The minimum absolute atomic E-state index is 0.156. The van der Waals surface area contributed by atoms with Crippen LogP contribution in [0.2, 0.25) is 5.02 Å². The molecule has 0 radical (unpaired) electrons. The van der Waals surface area contributed by atoms with Crippen molar-refractivity contribution in [3.05, 3.63) is 57.5 Å². The van der Waals surface area contributed by atoms with Crippen LogP contribution in [0.25, 0.3) is 0 Å². The van der Waals surface area contributed by atoms with E-state index < -0.39 is 15.6 Å². The minimum atomic E-state index is -3.86. The van der Waals surface area contributed by atoms with E-state index >= 15 is 0 Å². The fraction of sp³-hybridized carbons (Fsp3) is 0.0833. The van der Waals surface area contributed by atoms with Crippen molar-refractivity contribution in [1.29, 1.82) is 0 Å². The first-order valence-electron chi connectivity index (χ1n) is 5.53. The number of nitrogens with one attached hydrogen (secondary N) is 2. The molecule has 1 heterocycles. The number of anilines is 1. The van der Waals surface area contributed by atoms with Crippen molar-refractivity contribution in [1.82, 2.24) is 4.98 Å². The van der Waals surface area contributed by atoms with Gasteiger partial charge < -0.3 is 10.1 Å². The van der Waals surface area contributed by atoms with Crippen LogP contribution >= 0.6 is 11.6 Å². The average Bonchev–Trinajstić information content (AvgIpc) is 2.41. The summed E-state index contributed by atoms with van der Waals surface area (Å²) in [6.07, 6.45) is 1.06. The van der Waals surface area contributed by atoms with Gasteiger partial charge in [0.1, 0.15) is 9.92 Å². The molecule has 0 spiro atoms. The Labute approximate surface area is 120 Å². The summed E-state index contributed by atoms with van der Waals surface area (Å²) >= 11 is 5.60. The molecule has 6 nitrogen and oxygen atoms in total. The molecule has 2 aromatic rings. The number of hydrogen-bond acceptors (Lipinski definition) is 4. The summed E-state index contributed by atoms with van der Waals surface area (Å²) in [5.41, 5.74) is 0.316. The summed E-state index contributed by atoms with van der Waals surface area (Å²) in [6.45, 7) is -0.194. The number of aliphatic hydroxyl groups excluding tert-OH is 1. The molecule has 1 aromatic carbocycles. The van der Waals surface area contributed by atoms with E-state index in [9.17, 15) is 13.2 Å². The van der Waals surface area contributed by atoms with Gasteiger partial charge in [0.15, 0.2) is 0 Å². The summed E-state index contributed by atoms with van der Waals surface area (Å²) in [4.78, 5) is 13.2. The third-order valence-corrected chi connectivity index (χ3v) is 4.14. The molecule has 0 aliphatic heterocycles. The first-order valence-corrected chi connectivity index (χ1v) is 7.39. The molecule has 2 rings (SSSR count). The third-order valence-electron chi connectivity index (χ3n) is 2.50. The van der Waals surface area contributed by atoms with E-state index in [2.05, 4.69) is 9.71 Å². The maximum atomic E-state index is 12.1. The molecule has 3 N–H and O–H groups in total. The Morgan fingerprint density at radius 2 is 2.05 bits per heavy atom. The molecular formula is C12H11ClN2O4S. The van der Waals surface area contributed by atoms with E-state index in [4.69, 9.17) is 16.7 Å². The van der Waals surface area contributed by atoms with Gasteiger partial charge in [-0.2, -0.15) is 0 Å². The molecule has 0 amide bonds. The second-order valence-electron chi connectivity index (χ2n) is 3.98. The van der Waals surface area contributed by atoms with Gasteiger partial charge in [-0.15, -0.1) is 0 Å². The number of rotatable bonds is 4. The third kappa shape index (κ3) is 3.19. The lowest BCUT2D eigenvalue weighted by Gasteiger charge is -2.09. The zero-order chi connectivity index (χ0) is 14.8. The zero-order valence-electron chi connectivity index (χ0n) is 10.1. The molecule has 1 aromatic heterocycles. The lowest BCUT2D eigenvalue weighted by Crippen LogP contribution is -2.16. The molecule has 0 bridgehead atoms. The standard InChI is InChI=1S/C12H11ClN2O4S/c13-11-5-10(6-14-12(11)17)20(18,19)15-9-3-1-2-8(4-9)7-16/h1-6,15-16H,7H2,(H,14,17). The van der Waals surface area contributed by atoms with Crippen LogP contribution in [0.3, 0.4) is 0 Å². The van der Waals surface area contributed by atoms with Crippen LogP contribution in [0.5, 0.6) is 0 Å². The molecule has 0 aliphatic carbocycles. The Morgan fingerprint density at radius 1 is 1.30 bits per heavy atom. The second kappa shape index (κ2) is 5.66. The fourth-order valence-corrected chi connectivity index (χ4v) is 2.82. The van der Waals surface area contributed by atoms with Gasteiger partial charge in [0.25, 0.3) is 15.6 Å². The number of aromatic amines is 1. The van der Waals surface area contributed by atoms with E-state index in [-0.39, 0.29) is 16.5 Å². The van der Waals surface area contributed by atoms with Gasteiger partial charge in [-0.05, 0) is 23.8 Å². The number of benzene rings is 1. The van der Waals surface area contributed by atoms with Crippen LogP contribution in [0.1, 0.15) is 5.56 Å². The highest BCUT2D eigenvalue weighted by Crippen LogP contribution is 2.17. The molecule has 20 heavy (non-hydrogen) atoms. The molecule has 106 valence electrons. The Bertz CT molecular complexity index is 786. The van der Waals surface area contributed by atoms with Crippen molar-refractivity contribution in [2.45, 2.75) is 11.5 Å². The number of hydrogen-bond donors (Lipinski definition) is 3. The average molecular weight is 315 g/mol. The maximum Gasteiger partial charge on any atom is 0.266 e. The number of sulfonamides is 1. The highest BCUT2D eigenvalue weighted by Gasteiger charge is 2.16. The van der Waals surface area contributed by atoms with Crippen molar-refractivity contribution < 1.29 is 13.5 Å². The number of halogens is 1. The Morgan fingerprint density at radius 3 is 2.70 bits per heavy atom. The Balaban J connectivity index is 2.35. The summed E-state index contributed by atoms with van der Waals surface area (Å²) in [6, 6.07) is 7.39. The van der Waals surface area contributed by atoms with Crippen LogP contribution in [0, 0.1) is 0 Å². The van der Waals surface area contributed by atoms with Crippen LogP contribution < -0.4 is 10.3 Å². The van der Waals surface area contributed by atoms with Gasteiger partial charge in [-0.25, -0.2) is 8.42 Å². The Kier molecular flexibility index (Phi) is 4.12. The second-order valence-corrected chi connectivity index (χ2v) is 6.07. The van der Waals surface area contributed by atoms with Crippen LogP contribution in [0.4, 0.5) is 5.69 Å². The van der Waals surface area contributed by atoms with E-state index in [1.165, 1.54) is 6.07 Å². The Hall–Kier alpha value is -1.83. The zero-order valence-corrected chi connectivity index (χ0v) is 11.7. The minimum Gasteiger partial charge on any atom is -0.392 e. The summed E-state index contributed by atoms with van der Waals surface area (Å²) in [7, 11) is -3.86. The maximum absolute atomic E-state index is 12.1. The highest BCUT2D eigenvalue weighted by atomic mass is 35.5. The van der Waals surface area contributed by atoms with E-state index in [1.54, 1.807) is 18.2 Å². The fourth-order valence-electron chi connectivity index (χ4n) is 1.54. The molecule has 8 heteroatoms. The molecule has 0 fully saturated rings. The first-order chi connectivity index (χ1) is 9.42. The van der Waals surface area contributed by atoms with Crippen molar-refractivity contribution >= 4 is 27.3 Å². The van der Waals surface area contributed by atoms with Crippen molar-refractivity contribution in [2.24, 2.45) is 0 Å². The van der Waals surface area contributed by atoms with Crippen LogP contribution in [0.15, 0.2) is 46.2 Å². The van der Waals surface area contributed by atoms with Gasteiger partial charge >= 0.3 is 0 Å². The molecule has 0 unspecified atom stereocenters. The van der Waals surface area contributed by atoms with E-state index in [1.807, 2.05) is 0 Å². The number of pyridine rings is 1. The molecular weight excluding hydrogens is 304 g/mol. The number of H-pyrrole nitrogens is 1. The topological polar surface area (TPSA) is 99.3 Å². The predicted molar refractivity (Wildman–Crippen MR) is 75.2 cm³/mol. The lowest BCUT2D eigenvalue weighted by atomic mass is 10.2. The predicted octanol–water partition coefficient (Wildman–Crippen LogP) is 1.32. The quantitative estimate of drug-likeness (QED) is 0.792. The smallest absolute Gasteiger partial charge is 0.266 e. The summed E-state index contributed by atoms with van der Waals surface area (Å²) in [5.74, 6) is 0. The van der Waals surface area contributed by atoms with Crippen molar-refractivity contribution in [3.63, 3.8) is 0 Å². The first kappa shape index (κ1) is 14.6. The SMILES string of the molecule is O=c1[nH]cc(S(=O)(=O)Nc2cccc(CO)c2)cc1Cl. The van der Waals surface area contributed by atoms with E-state index in [0.717, 1.165) is 12.3 Å². The van der Waals surface area contributed by atoms with Crippen molar-refractivity contribution in [3.8, 4) is 0 Å². The number of aromatic nitrogens is 1. The van der Waals surface area contributed by atoms with Gasteiger partial charge in [0, 0.05) is 11.9 Å². The van der Waals surface area contributed by atoms with Gasteiger partial charge in [-0.3, -0.25) is 9.52 Å². The van der Waals surface area contributed by atoms with Crippen LogP contribution in [-0.2, 0) is 16.6 Å². The molecule has 0 saturated carbocycles. The molecule has 0 aliphatic rings. The van der Waals surface area contributed by atoms with Gasteiger partial charge in [0.2, 0.25) is 0 Å². The summed E-state index contributed by atoms with van der Waals surface area (Å²) < 4.78 is 26.6. The van der Waals surface area contributed by atoms with Gasteiger partial charge in [-0.1, -0.05) is 23.7 Å². The normalized spacial score (nSPS) is 11.3. The molecule has 0 atom stereocenters.